The molecule has 0 unspecified atom stereocenters. The van der Waals surface area contributed by atoms with Crippen LogP contribution < -0.4 is 14.8 Å². The van der Waals surface area contributed by atoms with Gasteiger partial charge in [0.25, 0.3) is 0 Å². The van der Waals surface area contributed by atoms with Gasteiger partial charge in [-0.1, -0.05) is 0 Å². The highest BCUT2D eigenvalue weighted by Crippen LogP contribution is 2.20. The predicted octanol–water partition coefficient (Wildman–Crippen LogP) is 1.04. The summed E-state index contributed by atoms with van der Waals surface area (Å²) in [5, 5.41) is 2.73. The van der Waals surface area contributed by atoms with Crippen molar-refractivity contribution >= 4 is 21.6 Å². The molecule has 0 bridgehead atoms. The summed E-state index contributed by atoms with van der Waals surface area (Å²) in [6.45, 7) is 2.17. The minimum atomic E-state index is -3.27. The van der Waals surface area contributed by atoms with Gasteiger partial charge in [0.1, 0.15) is 11.9 Å². The zero-order valence-corrected chi connectivity index (χ0v) is 14.9. The Morgan fingerprint density at radius 3 is 2.46 bits per heavy atom. The molecule has 1 aliphatic rings. The van der Waals surface area contributed by atoms with E-state index in [4.69, 9.17) is 4.74 Å². The van der Waals surface area contributed by atoms with E-state index < -0.39 is 10.0 Å². The van der Waals surface area contributed by atoms with Gasteiger partial charge in [0, 0.05) is 31.7 Å². The van der Waals surface area contributed by atoms with Crippen molar-refractivity contribution in [1.29, 1.82) is 0 Å². The topological polar surface area (TPSA) is 87.7 Å². The van der Waals surface area contributed by atoms with Crippen molar-refractivity contribution < 1.29 is 17.9 Å². The number of amides is 1. The summed E-state index contributed by atoms with van der Waals surface area (Å²) in [7, 11) is -1.16. The molecule has 0 spiro atoms. The van der Waals surface area contributed by atoms with Crippen LogP contribution in [-0.2, 0) is 14.8 Å². The van der Waals surface area contributed by atoms with Gasteiger partial charge >= 0.3 is 0 Å². The number of piperidine rings is 1. The van der Waals surface area contributed by atoms with Crippen molar-refractivity contribution in [3.63, 3.8) is 0 Å². The molecule has 1 heterocycles. The molecular weight excluding hydrogens is 330 g/mol. The predicted molar refractivity (Wildman–Crippen MR) is 93.7 cm³/mol. The molecule has 0 atom stereocenters. The van der Waals surface area contributed by atoms with Crippen LogP contribution in [0.25, 0.3) is 0 Å². The summed E-state index contributed by atoms with van der Waals surface area (Å²) in [6, 6.07) is 7.24. The monoisotopic (exact) mass is 355 g/mol. The zero-order valence-electron chi connectivity index (χ0n) is 14.1. The van der Waals surface area contributed by atoms with E-state index in [0.29, 0.717) is 5.69 Å². The fraction of sp³-hybridized carbons (Fsp3) is 0.562. The fourth-order valence-electron chi connectivity index (χ4n) is 2.49. The number of hydrogen-bond donors (Lipinski definition) is 2. The Kier molecular flexibility index (Phi) is 6.59. The van der Waals surface area contributed by atoms with Crippen LogP contribution in [-0.4, -0.2) is 58.3 Å². The van der Waals surface area contributed by atoms with E-state index in [2.05, 4.69) is 22.0 Å². The average molecular weight is 355 g/mol. The molecule has 1 amide bonds. The lowest BCUT2D eigenvalue weighted by Gasteiger charge is -2.29. The second-order valence-electron chi connectivity index (χ2n) is 6.11. The van der Waals surface area contributed by atoms with E-state index in [1.807, 2.05) is 12.1 Å². The van der Waals surface area contributed by atoms with Crippen molar-refractivity contribution in [1.82, 2.24) is 9.62 Å². The first-order valence-corrected chi connectivity index (χ1v) is 9.91. The van der Waals surface area contributed by atoms with Gasteiger partial charge in [-0.05, 0) is 44.2 Å². The van der Waals surface area contributed by atoms with Crippen LogP contribution in [0.15, 0.2) is 24.3 Å². The first-order valence-electron chi connectivity index (χ1n) is 8.01. The third kappa shape index (κ3) is 6.86. The molecule has 7 nitrogen and oxygen atoms in total. The Morgan fingerprint density at radius 1 is 1.25 bits per heavy atom. The number of likely N-dealkylation sites (tertiary alicyclic amines) is 1. The summed E-state index contributed by atoms with van der Waals surface area (Å²) >= 11 is 0. The van der Waals surface area contributed by atoms with Crippen LogP contribution in [0, 0.1) is 0 Å². The number of hydrogen-bond acceptors (Lipinski definition) is 5. The standard InChI is InChI=1S/C16H25N3O4S/c1-19-11-8-15(9-12-19)23-14-5-3-13(4-6-14)18-16(20)7-10-17-24(2,21)22/h3-6,15,17H,7-12H2,1-2H3,(H,18,20). The Bertz CT molecular complexity index is 638. The number of carbonyl (C=O) groups excluding carboxylic acids is 1. The molecule has 2 rings (SSSR count). The SMILES string of the molecule is CN1CCC(Oc2ccc(NC(=O)CCNS(C)(=O)=O)cc2)CC1. The molecule has 0 aliphatic carbocycles. The molecule has 0 saturated carbocycles. The second-order valence-corrected chi connectivity index (χ2v) is 7.94. The number of nitrogens with one attached hydrogen (secondary N) is 2. The van der Waals surface area contributed by atoms with Gasteiger partial charge in [-0.3, -0.25) is 4.79 Å². The normalized spacial score (nSPS) is 16.8. The number of anilines is 1. The summed E-state index contributed by atoms with van der Waals surface area (Å²) in [4.78, 5) is 14.0. The van der Waals surface area contributed by atoms with E-state index in [1.165, 1.54) is 0 Å². The van der Waals surface area contributed by atoms with Crippen LogP contribution in [0.1, 0.15) is 19.3 Å². The van der Waals surface area contributed by atoms with Gasteiger partial charge < -0.3 is 15.0 Å². The van der Waals surface area contributed by atoms with Crippen molar-refractivity contribution in [3.8, 4) is 5.75 Å². The van der Waals surface area contributed by atoms with Gasteiger partial charge in [0.2, 0.25) is 15.9 Å². The first kappa shape index (κ1) is 18.7. The van der Waals surface area contributed by atoms with Crippen LogP contribution in [0.3, 0.4) is 0 Å². The Labute approximate surface area is 143 Å². The quantitative estimate of drug-likeness (QED) is 0.763. The van der Waals surface area contributed by atoms with E-state index in [9.17, 15) is 13.2 Å². The minimum Gasteiger partial charge on any atom is -0.490 e. The Morgan fingerprint density at radius 2 is 1.88 bits per heavy atom. The van der Waals surface area contributed by atoms with Crippen molar-refractivity contribution in [2.24, 2.45) is 0 Å². The third-order valence-corrected chi connectivity index (χ3v) is 4.55. The number of benzene rings is 1. The fourth-order valence-corrected chi connectivity index (χ4v) is 2.96. The highest BCUT2D eigenvalue weighted by Gasteiger charge is 2.17. The maximum Gasteiger partial charge on any atom is 0.225 e. The van der Waals surface area contributed by atoms with Gasteiger partial charge in [-0.2, -0.15) is 0 Å². The largest absolute Gasteiger partial charge is 0.490 e. The smallest absolute Gasteiger partial charge is 0.225 e. The maximum atomic E-state index is 11.7. The maximum absolute atomic E-state index is 11.7. The second kappa shape index (κ2) is 8.46. The molecular formula is C16H25N3O4S. The molecule has 1 aromatic rings. The molecule has 0 radical (unpaired) electrons. The van der Waals surface area contributed by atoms with Crippen LogP contribution in [0.2, 0.25) is 0 Å². The number of ether oxygens (including phenoxy) is 1. The summed E-state index contributed by atoms with van der Waals surface area (Å²) in [5.41, 5.74) is 0.662. The van der Waals surface area contributed by atoms with Crippen molar-refractivity contribution in [2.75, 3.05) is 38.3 Å². The highest BCUT2D eigenvalue weighted by atomic mass is 32.2. The molecule has 1 aromatic carbocycles. The van der Waals surface area contributed by atoms with E-state index in [0.717, 1.165) is 37.9 Å². The number of nitrogens with zero attached hydrogens (tertiary/aromatic N) is 1. The lowest BCUT2D eigenvalue weighted by Crippen LogP contribution is -2.35. The molecule has 1 saturated heterocycles. The lowest BCUT2D eigenvalue weighted by molar-refractivity contribution is -0.116. The van der Waals surface area contributed by atoms with Crippen LogP contribution in [0.4, 0.5) is 5.69 Å². The van der Waals surface area contributed by atoms with E-state index in [-0.39, 0.29) is 25.0 Å². The van der Waals surface area contributed by atoms with Crippen LogP contribution >= 0.6 is 0 Å². The van der Waals surface area contributed by atoms with Gasteiger partial charge in [-0.15, -0.1) is 0 Å². The van der Waals surface area contributed by atoms with Gasteiger partial charge in [0.05, 0.1) is 6.26 Å². The van der Waals surface area contributed by atoms with E-state index in [1.54, 1.807) is 12.1 Å². The summed E-state index contributed by atoms with van der Waals surface area (Å²) < 4.78 is 30.1. The van der Waals surface area contributed by atoms with Gasteiger partial charge in [0.15, 0.2) is 0 Å². The minimum absolute atomic E-state index is 0.0842. The summed E-state index contributed by atoms with van der Waals surface area (Å²) in [5.74, 6) is 0.552. The third-order valence-electron chi connectivity index (χ3n) is 3.82. The number of carbonyl (C=O) groups is 1. The number of rotatable bonds is 7. The molecule has 2 N–H and O–H groups in total. The van der Waals surface area contributed by atoms with E-state index >= 15 is 0 Å². The Balaban J connectivity index is 1.76. The molecule has 134 valence electrons. The molecule has 8 heteroatoms. The Hall–Kier alpha value is -1.64. The average Bonchev–Trinajstić information content (AvgIpc) is 2.50. The zero-order chi connectivity index (χ0) is 17.6. The molecule has 24 heavy (non-hydrogen) atoms. The van der Waals surface area contributed by atoms with Crippen molar-refractivity contribution in [3.05, 3.63) is 24.3 Å². The number of sulfonamides is 1. The van der Waals surface area contributed by atoms with Crippen molar-refractivity contribution in [2.45, 2.75) is 25.4 Å². The molecule has 0 aromatic heterocycles. The summed E-state index contributed by atoms with van der Waals surface area (Å²) in [6.07, 6.45) is 3.42. The van der Waals surface area contributed by atoms with Gasteiger partial charge in [-0.25, -0.2) is 13.1 Å². The lowest BCUT2D eigenvalue weighted by atomic mass is 10.1. The van der Waals surface area contributed by atoms with Crippen LogP contribution in [0.5, 0.6) is 5.75 Å². The molecule has 1 aliphatic heterocycles. The first-order chi connectivity index (χ1) is 11.3. The highest BCUT2D eigenvalue weighted by molar-refractivity contribution is 7.88. The molecule has 1 fully saturated rings.